The Hall–Kier alpha value is -4.37. The van der Waals surface area contributed by atoms with Crippen molar-refractivity contribution in [3.05, 3.63) is 48.0 Å². The first-order valence-electron chi connectivity index (χ1n) is 11.9. The predicted octanol–water partition coefficient (Wildman–Crippen LogP) is 2.63. The number of nitrogens with one attached hydrogen (secondary N) is 1. The zero-order valence-corrected chi connectivity index (χ0v) is 20.4. The van der Waals surface area contributed by atoms with Crippen LogP contribution in [0.5, 0.6) is 0 Å². The fourth-order valence-corrected chi connectivity index (χ4v) is 4.04. The van der Waals surface area contributed by atoms with E-state index in [4.69, 9.17) is 11.0 Å². The highest BCUT2D eigenvalue weighted by atomic mass is 16.2. The molecule has 0 atom stereocenters. The van der Waals surface area contributed by atoms with Crippen LogP contribution in [0.1, 0.15) is 48.9 Å². The van der Waals surface area contributed by atoms with Crippen LogP contribution in [0.4, 0.5) is 0 Å². The van der Waals surface area contributed by atoms with Crippen LogP contribution < -0.4 is 11.1 Å². The summed E-state index contributed by atoms with van der Waals surface area (Å²) < 4.78 is 0. The van der Waals surface area contributed by atoms with Gasteiger partial charge in [-0.05, 0) is 48.6 Å². The number of nitriles is 1. The van der Waals surface area contributed by atoms with Crippen molar-refractivity contribution >= 4 is 34.5 Å². The van der Waals surface area contributed by atoms with E-state index in [2.05, 4.69) is 23.2 Å². The number of rotatable bonds is 3. The second-order valence-electron chi connectivity index (χ2n) is 8.33. The Balaban J connectivity index is 0.000000239. The summed E-state index contributed by atoms with van der Waals surface area (Å²) in [6, 6.07) is 13.0. The van der Waals surface area contributed by atoms with Crippen LogP contribution in [0.15, 0.2) is 47.5 Å². The van der Waals surface area contributed by atoms with Gasteiger partial charge in [-0.3, -0.25) is 19.7 Å². The minimum atomic E-state index is -0.391. The van der Waals surface area contributed by atoms with Crippen molar-refractivity contribution in [2.75, 3.05) is 26.2 Å². The van der Waals surface area contributed by atoms with Crippen molar-refractivity contribution in [2.24, 2.45) is 10.7 Å². The fourth-order valence-electron chi connectivity index (χ4n) is 4.04. The molecule has 2 aliphatic rings. The number of guanidine groups is 1. The van der Waals surface area contributed by atoms with Gasteiger partial charge < -0.3 is 15.5 Å². The van der Waals surface area contributed by atoms with E-state index < -0.39 is 5.91 Å². The van der Waals surface area contributed by atoms with Crippen LogP contribution in [-0.4, -0.2) is 59.7 Å². The zero-order valence-electron chi connectivity index (χ0n) is 20.4. The molecule has 0 aliphatic carbocycles. The van der Waals surface area contributed by atoms with Crippen molar-refractivity contribution in [3.63, 3.8) is 0 Å². The Bertz CT molecular complexity index is 1140. The van der Waals surface area contributed by atoms with Crippen molar-refractivity contribution < 1.29 is 14.4 Å². The number of terminal acetylenes is 1. The van der Waals surface area contributed by atoms with Crippen LogP contribution in [-0.2, 0) is 9.59 Å². The molecule has 2 saturated heterocycles. The minimum Gasteiger partial charge on any atom is -0.369 e. The van der Waals surface area contributed by atoms with Gasteiger partial charge in [-0.1, -0.05) is 36.8 Å². The third kappa shape index (κ3) is 8.44. The van der Waals surface area contributed by atoms with Crippen molar-refractivity contribution in [3.8, 4) is 19.0 Å². The van der Waals surface area contributed by atoms with Gasteiger partial charge in [-0.15, -0.1) is 17.8 Å². The summed E-state index contributed by atoms with van der Waals surface area (Å²) in [5, 5.41) is 12.6. The third-order valence-corrected chi connectivity index (χ3v) is 5.88. The molecule has 4 rings (SSSR count). The van der Waals surface area contributed by atoms with Crippen LogP contribution in [0.25, 0.3) is 10.8 Å². The molecule has 188 valence electrons. The molecule has 0 unspecified atom stereocenters. The average Bonchev–Trinajstić information content (AvgIpc) is 3.37. The van der Waals surface area contributed by atoms with E-state index in [0.29, 0.717) is 18.5 Å². The van der Waals surface area contributed by atoms with E-state index >= 15 is 0 Å². The van der Waals surface area contributed by atoms with Crippen LogP contribution in [0.3, 0.4) is 0 Å². The highest BCUT2D eigenvalue weighted by Gasteiger charge is 2.23. The van der Waals surface area contributed by atoms with Gasteiger partial charge in [0.2, 0.25) is 24.0 Å². The topological polar surface area (TPSA) is 132 Å². The fraction of sp³-hybridized carbons (Fsp3) is 0.370. The molecule has 0 saturated carbocycles. The number of benzene rings is 2. The number of nitrogens with zero attached hydrogens (tertiary/aromatic N) is 4. The van der Waals surface area contributed by atoms with Gasteiger partial charge in [0.15, 0.2) is 0 Å². The summed E-state index contributed by atoms with van der Waals surface area (Å²) in [5.74, 6) is -0.314. The monoisotopic (exact) mass is 488 g/mol. The minimum absolute atomic E-state index is 0.132. The maximum atomic E-state index is 11.9. The number of fused-ring (bicyclic) bond motifs is 1. The molecule has 0 radical (unpaired) electrons. The lowest BCUT2D eigenvalue weighted by molar-refractivity contribution is -0.139. The van der Waals surface area contributed by atoms with Gasteiger partial charge >= 0.3 is 0 Å². The Labute approximate surface area is 211 Å². The van der Waals surface area contributed by atoms with Gasteiger partial charge in [0.1, 0.15) is 0 Å². The third-order valence-electron chi connectivity index (χ3n) is 5.88. The standard InChI is InChI=1S/C13H10N4O.C12H20N2O2.C2H2/c14-8-16-13(15)17-12(18)11-6-5-9-3-1-2-4-10(9)7-11;15-11-6-2-1-3-9-14(11)10-12(16)13-7-4-5-8-13;1-2/h1-7H,(H3,15,16,17,18);1-10H2;1-2H. The maximum Gasteiger partial charge on any atom is 0.257 e. The zero-order chi connectivity index (χ0) is 26.3. The number of carbonyl (C=O) groups excluding carboxylic acids is 3. The summed E-state index contributed by atoms with van der Waals surface area (Å²) in [7, 11) is 0. The van der Waals surface area contributed by atoms with Gasteiger partial charge in [0.25, 0.3) is 5.91 Å². The molecular weight excluding hydrogens is 456 g/mol. The first-order chi connectivity index (χ1) is 17.5. The Kier molecular flexibility index (Phi) is 11.5. The first kappa shape index (κ1) is 27.9. The Morgan fingerprint density at radius 3 is 2.36 bits per heavy atom. The van der Waals surface area contributed by atoms with Gasteiger partial charge in [0.05, 0.1) is 6.54 Å². The Morgan fingerprint density at radius 2 is 1.67 bits per heavy atom. The largest absolute Gasteiger partial charge is 0.369 e. The quantitative estimate of drug-likeness (QED) is 0.297. The predicted molar refractivity (Wildman–Crippen MR) is 139 cm³/mol. The lowest BCUT2D eigenvalue weighted by atomic mass is 10.1. The molecule has 9 nitrogen and oxygen atoms in total. The van der Waals surface area contributed by atoms with E-state index in [1.165, 1.54) is 6.19 Å². The molecule has 2 fully saturated rings. The molecule has 2 aromatic rings. The molecule has 2 heterocycles. The van der Waals surface area contributed by atoms with Gasteiger partial charge in [0, 0.05) is 31.6 Å². The van der Waals surface area contributed by atoms with E-state index in [9.17, 15) is 14.4 Å². The second-order valence-corrected chi connectivity index (χ2v) is 8.33. The number of likely N-dealkylation sites (tertiary alicyclic amines) is 2. The lowest BCUT2D eigenvalue weighted by Gasteiger charge is -2.23. The molecule has 9 heteroatoms. The van der Waals surface area contributed by atoms with Gasteiger partial charge in [-0.25, -0.2) is 0 Å². The normalized spacial score (nSPS) is 15.5. The van der Waals surface area contributed by atoms with E-state index in [-0.39, 0.29) is 17.8 Å². The molecular formula is C27H32N6O3. The van der Waals surface area contributed by atoms with E-state index in [0.717, 1.165) is 62.5 Å². The molecule has 36 heavy (non-hydrogen) atoms. The molecule has 0 aromatic heterocycles. The first-order valence-corrected chi connectivity index (χ1v) is 11.9. The molecule has 3 amide bonds. The molecule has 2 aromatic carbocycles. The van der Waals surface area contributed by atoms with Crippen LogP contribution >= 0.6 is 0 Å². The molecule has 0 spiro atoms. The van der Waals surface area contributed by atoms with Crippen LogP contribution in [0.2, 0.25) is 0 Å². The Morgan fingerprint density at radius 1 is 1.00 bits per heavy atom. The van der Waals surface area contributed by atoms with Crippen molar-refractivity contribution in [1.82, 2.24) is 15.1 Å². The van der Waals surface area contributed by atoms with Crippen LogP contribution in [0, 0.1) is 24.3 Å². The lowest BCUT2D eigenvalue weighted by Crippen LogP contribution is -2.41. The summed E-state index contributed by atoms with van der Waals surface area (Å²) in [4.78, 5) is 42.3. The van der Waals surface area contributed by atoms with Crippen molar-refractivity contribution in [1.29, 1.82) is 5.26 Å². The average molecular weight is 489 g/mol. The number of hydrogen-bond acceptors (Lipinski definition) is 5. The summed E-state index contributed by atoms with van der Waals surface area (Å²) in [5.41, 5.74) is 5.79. The SMILES string of the molecule is C#C.N#CN=C(N)NC(=O)c1ccc2ccccc2c1.O=C(CN1CCCCCC1=O)N1CCCC1. The number of hydrogen-bond donors (Lipinski definition) is 2. The molecule has 0 bridgehead atoms. The number of nitrogens with two attached hydrogens (primary N) is 1. The highest BCUT2D eigenvalue weighted by Crippen LogP contribution is 2.15. The number of aliphatic imine (C=N–C) groups is 1. The van der Waals surface area contributed by atoms with E-state index in [1.54, 1.807) is 17.0 Å². The van der Waals surface area contributed by atoms with E-state index in [1.807, 2.05) is 35.2 Å². The summed E-state index contributed by atoms with van der Waals surface area (Å²) in [6.07, 6.45) is 15.5. The molecule has 2 aliphatic heterocycles. The number of carbonyl (C=O) groups is 3. The van der Waals surface area contributed by atoms with Gasteiger partial charge in [-0.2, -0.15) is 5.26 Å². The number of amides is 3. The highest BCUT2D eigenvalue weighted by molar-refractivity contribution is 6.07. The molecule has 3 N–H and O–H groups in total. The summed E-state index contributed by atoms with van der Waals surface area (Å²) >= 11 is 0. The maximum absolute atomic E-state index is 11.9. The summed E-state index contributed by atoms with van der Waals surface area (Å²) in [6.45, 7) is 2.82. The smallest absolute Gasteiger partial charge is 0.257 e. The second kappa shape index (κ2) is 14.8. The van der Waals surface area contributed by atoms with Crippen molar-refractivity contribution in [2.45, 2.75) is 38.5 Å².